The van der Waals surface area contributed by atoms with Gasteiger partial charge in [0.1, 0.15) is 24.2 Å². The van der Waals surface area contributed by atoms with Gasteiger partial charge in [0.05, 0.1) is 12.7 Å². The van der Waals surface area contributed by atoms with Gasteiger partial charge in [0.2, 0.25) is 17.7 Å². The molecule has 0 aliphatic rings. The predicted octanol–water partition coefficient (Wildman–Crippen LogP) is -2.19. The van der Waals surface area contributed by atoms with E-state index in [1.807, 2.05) is 0 Å². The summed E-state index contributed by atoms with van der Waals surface area (Å²) < 4.78 is 0. The maximum absolute atomic E-state index is 13.1. The first-order valence-corrected chi connectivity index (χ1v) is 11.4. The summed E-state index contributed by atoms with van der Waals surface area (Å²) in [7, 11) is 0. The van der Waals surface area contributed by atoms with Crippen LogP contribution < -0.4 is 21.7 Å². The Morgan fingerprint density at radius 1 is 0.973 bits per heavy atom. The van der Waals surface area contributed by atoms with Gasteiger partial charge in [-0.2, -0.15) is 0 Å². The minimum Gasteiger partial charge on any atom is -0.481 e. The zero-order chi connectivity index (χ0) is 27.7. The number of aromatic amines is 1. The average Bonchev–Trinajstić information content (AvgIpc) is 3.25. The number of aliphatic hydroxyl groups excluding tert-OH is 2. The molecule has 0 bridgehead atoms. The number of aliphatic hydroxyl groups is 2. The number of fused-ring (bicyclic) bond motifs is 1. The molecule has 14 heteroatoms. The van der Waals surface area contributed by atoms with Crippen LogP contribution in [0.15, 0.2) is 30.5 Å². The van der Waals surface area contributed by atoms with Crippen LogP contribution in [0.5, 0.6) is 0 Å². The maximum atomic E-state index is 13.1. The van der Waals surface area contributed by atoms with Gasteiger partial charge in [0, 0.05) is 29.9 Å². The number of amides is 3. The van der Waals surface area contributed by atoms with Crippen molar-refractivity contribution >= 4 is 40.6 Å². The molecule has 1 aromatic heterocycles. The summed E-state index contributed by atoms with van der Waals surface area (Å²) in [6.07, 6.45) is -0.824. The summed E-state index contributed by atoms with van der Waals surface area (Å²) in [4.78, 5) is 63.7. The lowest BCUT2D eigenvalue weighted by atomic mass is 10.0. The highest BCUT2D eigenvalue weighted by atomic mass is 16.4. The molecule has 37 heavy (non-hydrogen) atoms. The fourth-order valence-corrected chi connectivity index (χ4v) is 3.54. The molecule has 1 aromatic carbocycles. The molecule has 202 valence electrons. The predicted molar refractivity (Wildman–Crippen MR) is 129 cm³/mol. The van der Waals surface area contributed by atoms with Gasteiger partial charge < -0.3 is 47.1 Å². The SMILES string of the molecule is CC(O)C(NC(=O)C(N)CO)C(=O)NC(Cc1c[nH]c2ccccc12)C(=O)NC(CCC(=O)O)C(=O)O. The third-order valence-electron chi connectivity index (χ3n) is 5.59. The molecule has 14 nitrogen and oxygen atoms in total. The van der Waals surface area contributed by atoms with Gasteiger partial charge in [-0.15, -0.1) is 0 Å². The Kier molecular flexibility index (Phi) is 10.5. The Morgan fingerprint density at radius 2 is 1.62 bits per heavy atom. The average molecular weight is 522 g/mol. The van der Waals surface area contributed by atoms with Crippen LogP contribution in [0.2, 0.25) is 0 Å². The highest BCUT2D eigenvalue weighted by Gasteiger charge is 2.33. The van der Waals surface area contributed by atoms with Crippen molar-refractivity contribution in [3.8, 4) is 0 Å². The zero-order valence-corrected chi connectivity index (χ0v) is 20.0. The van der Waals surface area contributed by atoms with Gasteiger partial charge in [0.15, 0.2) is 0 Å². The Labute approximate surface area is 211 Å². The van der Waals surface area contributed by atoms with Crippen LogP contribution in [0.25, 0.3) is 10.9 Å². The number of benzene rings is 1. The lowest BCUT2D eigenvalue weighted by Gasteiger charge is -2.26. The van der Waals surface area contributed by atoms with E-state index in [1.165, 1.54) is 6.92 Å². The number of aromatic nitrogens is 1. The number of para-hydroxylation sites is 1. The summed E-state index contributed by atoms with van der Waals surface area (Å²) in [6, 6.07) is 1.31. The largest absolute Gasteiger partial charge is 0.481 e. The molecule has 0 fully saturated rings. The molecule has 3 amide bonds. The highest BCUT2D eigenvalue weighted by molar-refractivity contribution is 5.95. The smallest absolute Gasteiger partial charge is 0.326 e. The summed E-state index contributed by atoms with van der Waals surface area (Å²) >= 11 is 0. The van der Waals surface area contributed by atoms with E-state index < -0.39 is 79.4 Å². The van der Waals surface area contributed by atoms with Crippen LogP contribution in [0.3, 0.4) is 0 Å². The number of carbonyl (C=O) groups excluding carboxylic acids is 3. The first kappa shape index (κ1) is 29.2. The van der Waals surface area contributed by atoms with Crippen LogP contribution in [0.1, 0.15) is 25.3 Å². The van der Waals surface area contributed by atoms with E-state index in [2.05, 4.69) is 20.9 Å². The van der Waals surface area contributed by atoms with Gasteiger partial charge in [-0.3, -0.25) is 19.2 Å². The zero-order valence-electron chi connectivity index (χ0n) is 20.0. The lowest BCUT2D eigenvalue weighted by Crippen LogP contribution is -2.60. The standard InChI is InChI=1S/C23H31N5O9/c1-11(30)19(28-20(33)14(24)10-29)22(35)27-17(8-12-9-25-15-5-3-2-4-13(12)15)21(34)26-16(23(36)37)6-7-18(31)32/h2-5,9,11,14,16-17,19,25,29-30H,6-8,10,24H2,1H3,(H,26,34)(H,27,35)(H,28,33)(H,31,32)(H,36,37). The van der Waals surface area contributed by atoms with Crippen LogP contribution in [0.4, 0.5) is 0 Å². The summed E-state index contributed by atoms with van der Waals surface area (Å²) in [6.45, 7) is 0.509. The molecule has 0 saturated carbocycles. The molecule has 0 radical (unpaired) electrons. The minimum absolute atomic E-state index is 0.108. The van der Waals surface area contributed by atoms with Crippen molar-refractivity contribution < 1.29 is 44.4 Å². The molecular weight excluding hydrogens is 490 g/mol. The van der Waals surface area contributed by atoms with Gasteiger partial charge >= 0.3 is 11.9 Å². The monoisotopic (exact) mass is 521 g/mol. The second kappa shape index (κ2) is 13.3. The van der Waals surface area contributed by atoms with E-state index in [9.17, 15) is 34.2 Å². The van der Waals surface area contributed by atoms with Crippen molar-refractivity contribution in [2.45, 2.75) is 56.5 Å². The van der Waals surface area contributed by atoms with Crippen LogP contribution in [-0.2, 0) is 30.4 Å². The molecule has 1 heterocycles. The summed E-state index contributed by atoms with van der Waals surface area (Å²) in [5, 5.41) is 45.0. The van der Waals surface area contributed by atoms with Gasteiger partial charge in [0.25, 0.3) is 0 Å². The number of carboxylic acid groups (broad SMARTS) is 2. The molecule has 5 atom stereocenters. The Balaban J connectivity index is 2.31. The van der Waals surface area contributed by atoms with E-state index in [0.717, 1.165) is 10.9 Å². The van der Waals surface area contributed by atoms with E-state index in [0.29, 0.717) is 5.56 Å². The number of carboxylic acids is 2. The van der Waals surface area contributed by atoms with E-state index in [1.54, 1.807) is 30.5 Å². The van der Waals surface area contributed by atoms with Gasteiger partial charge in [-0.05, 0) is 25.0 Å². The van der Waals surface area contributed by atoms with Gasteiger partial charge in [-0.1, -0.05) is 18.2 Å². The number of carbonyl (C=O) groups is 5. The molecular formula is C23H31N5O9. The normalized spacial score (nSPS) is 15.1. The number of nitrogens with two attached hydrogens (primary N) is 1. The molecule has 0 aliphatic heterocycles. The van der Waals surface area contributed by atoms with Crippen molar-refractivity contribution in [1.29, 1.82) is 0 Å². The van der Waals surface area contributed by atoms with Crippen LogP contribution in [-0.4, -0.2) is 91.9 Å². The van der Waals surface area contributed by atoms with Crippen molar-refractivity contribution in [3.63, 3.8) is 0 Å². The van der Waals surface area contributed by atoms with Crippen molar-refractivity contribution in [2.75, 3.05) is 6.61 Å². The lowest BCUT2D eigenvalue weighted by molar-refractivity contribution is -0.143. The summed E-state index contributed by atoms with van der Waals surface area (Å²) in [5.74, 6) is -5.51. The summed E-state index contributed by atoms with van der Waals surface area (Å²) in [5.41, 5.74) is 6.81. The maximum Gasteiger partial charge on any atom is 0.326 e. The quantitative estimate of drug-likeness (QED) is 0.130. The fourth-order valence-electron chi connectivity index (χ4n) is 3.54. The fraction of sp³-hybridized carbons (Fsp3) is 0.435. The Morgan fingerprint density at radius 3 is 2.22 bits per heavy atom. The topological polar surface area (TPSA) is 244 Å². The number of rotatable bonds is 14. The first-order chi connectivity index (χ1) is 17.4. The van der Waals surface area contributed by atoms with E-state index in [-0.39, 0.29) is 6.42 Å². The van der Waals surface area contributed by atoms with E-state index in [4.69, 9.17) is 15.9 Å². The second-order valence-electron chi connectivity index (χ2n) is 8.47. The molecule has 0 aliphatic carbocycles. The number of hydrogen-bond donors (Lipinski definition) is 9. The molecule has 10 N–H and O–H groups in total. The number of nitrogens with one attached hydrogen (secondary N) is 4. The van der Waals surface area contributed by atoms with Crippen LogP contribution >= 0.6 is 0 Å². The number of H-pyrrole nitrogens is 1. The van der Waals surface area contributed by atoms with E-state index >= 15 is 0 Å². The van der Waals surface area contributed by atoms with Crippen molar-refractivity contribution in [2.24, 2.45) is 5.73 Å². The Hall–Kier alpha value is -4.01. The number of hydrogen-bond acceptors (Lipinski definition) is 8. The Bertz CT molecular complexity index is 1130. The van der Waals surface area contributed by atoms with Crippen molar-refractivity contribution in [3.05, 3.63) is 36.0 Å². The molecule has 5 unspecified atom stereocenters. The number of aliphatic carboxylic acids is 2. The molecule has 0 spiro atoms. The highest BCUT2D eigenvalue weighted by Crippen LogP contribution is 2.19. The molecule has 0 saturated heterocycles. The second-order valence-corrected chi connectivity index (χ2v) is 8.47. The molecule has 2 rings (SSSR count). The first-order valence-electron chi connectivity index (χ1n) is 11.4. The van der Waals surface area contributed by atoms with Crippen LogP contribution in [0, 0.1) is 0 Å². The van der Waals surface area contributed by atoms with Crippen molar-refractivity contribution in [1.82, 2.24) is 20.9 Å². The molecule has 2 aromatic rings. The third-order valence-corrected chi connectivity index (χ3v) is 5.59. The van der Waals surface area contributed by atoms with Gasteiger partial charge in [-0.25, -0.2) is 4.79 Å². The minimum atomic E-state index is -1.55. The third kappa shape index (κ3) is 8.27.